The predicted octanol–water partition coefficient (Wildman–Crippen LogP) is 6.15. The Bertz CT molecular complexity index is 168. The first-order valence-electron chi connectivity index (χ1n) is 8.26. The molecule has 0 unspecified atom stereocenters. The zero-order chi connectivity index (χ0) is 13.7. The molecule has 0 aromatic heterocycles. The molecule has 0 spiro atoms. The minimum Gasteiger partial charge on any atom is -0.417 e. The number of rotatable bonds is 13. The maximum atomic E-state index is 6.14. The van der Waals surface area contributed by atoms with Gasteiger partial charge in [0.15, 0.2) is 8.32 Å². The van der Waals surface area contributed by atoms with Gasteiger partial charge in [-0.2, -0.15) is 0 Å². The molecule has 0 radical (unpaired) electrons. The summed E-state index contributed by atoms with van der Waals surface area (Å²) in [5.74, 6) is 0. The van der Waals surface area contributed by atoms with Crippen molar-refractivity contribution in [2.45, 2.75) is 97.2 Å². The van der Waals surface area contributed by atoms with Gasteiger partial charge in [-0.3, -0.25) is 0 Å². The Morgan fingerprint density at radius 2 is 1.17 bits per heavy atom. The van der Waals surface area contributed by atoms with Crippen molar-refractivity contribution in [2.24, 2.45) is 0 Å². The first kappa shape index (κ1) is 18.2. The van der Waals surface area contributed by atoms with E-state index in [0.717, 1.165) is 6.61 Å². The average Bonchev–Trinajstić information content (AvgIpc) is 2.33. The summed E-state index contributed by atoms with van der Waals surface area (Å²) in [6.45, 7) is 10.3. The Balaban J connectivity index is 3.37. The topological polar surface area (TPSA) is 9.23 Å². The largest absolute Gasteiger partial charge is 0.417 e. The van der Waals surface area contributed by atoms with Crippen molar-refractivity contribution in [1.29, 1.82) is 0 Å². The first-order valence-corrected chi connectivity index (χ1v) is 11.4. The van der Waals surface area contributed by atoms with Crippen LogP contribution in [-0.2, 0) is 4.43 Å². The van der Waals surface area contributed by atoms with Crippen LogP contribution in [0, 0.1) is 0 Å². The van der Waals surface area contributed by atoms with Crippen LogP contribution in [-0.4, -0.2) is 14.9 Å². The molecule has 0 atom stereocenters. The lowest BCUT2D eigenvalue weighted by molar-refractivity contribution is 0.293. The smallest absolute Gasteiger partial charge is 0.186 e. The monoisotopic (exact) mass is 272 g/mol. The molecule has 0 aromatic rings. The van der Waals surface area contributed by atoms with Gasteiger partial charge in [0.25, 0.3) is 0 Å². The standard InChI is InChI=1S/C16H36OSi/c1-5-7-9-11-12-14-16-18(3,4)17-15-13-10-8-6-2/h5-16H2,1-4H3. The molecule has 0 saturated heterocycles. The van der Waals surface area contributed by atoms with Gasteiger partial charge in [-0.15, -0.1) is 0 Å². The lowest BCUT2D eigenvalue weighted by Crippen LogP contribution is -2.30. The Labute approximate surface area is 117 Å². The van der Waals surface area contributed by atoms with Crippen molar-refractivity contribution < 1.29 is 4.43 Å². The van der Waals surface area contributed by atoms with Gasteiger partial charge in [-0.25, -0.2) is 0 Å². The molecule has 0 aliphatic carbocycles. The van der Waals surface area contributed by atoms with E-state index in [0.29, 0.717) is 0 Å². The summed E-state index contributed by atoms with van der Waals surface area (Å²) in [6.07, 6.45) is 13.7. The molecule has 18 heavy (non-hydrogen) atoms. The third kappa shape index (κ3) is 12.6. The van der Waals surface area contributed by atoms with E-state index < -0.39 is 8.32 Å². The van der Waals surface area contributed by atoms with Crippen LogP contribution in [0.4, 0.5) is 0 Å². The van der Waals surface area contributed by atoms with Crippen molar-refractivity contribution in [2.75, 3.05) is 6.61 Å². The highest BCUT2D eigenvalue weighted by Crippen LogP contribution is 2.18. The van der Waals surface area contributed by atoms with E-state index >= 15 is 0 Å². The van der Waals surface area contributed by atoms with Crippen molar-refractivity contribution >= 4 is 8.32 Å². The first-order chi connectivity index (χ1) is 8.62. The molecule has 0 bridgehead atoms. The summed E-state index contributed by atoms with van der Waals surface area (Å²) in [5, 5.41) is 0. The third-order valence-corrected chi connectivity index (χ3v) is 6.17. The minimum atomic E-state index is -1.33. The second-order valence-electron chi connectivity index (χ2n) is 6.19. The maximum Gasteiger partial charge on any atom is 0.186 e. The minimum absolute atomic E-state index is 1.01. The summed E-state index contributed by atoms with van der Waals surface area (Å²) in [6, 6.07) is 1.35. The lowest BCUT2D eigenvalue weighted by atomic mass is 10.1. The number of hydrogen-bond donors (Lipinski definition) is 0. The van der Waals surface area contributed by atoms with Crippen molar-refractivity contribution in [3.63, 3.8) is 0 Å². The highest BCUT2D eigenvalue weighted by Gasteiger charge is 2.21. The van der Waals surface area contributed by atoms with E-state index in [9.17, 15) is 0 Å². The Morgan fingerprint density at radius 1 is 0.667 bits per heavy atom. The molecule has 0 rings (SSSR count). The molecule has 0 fully saturated rings. The van der Waals surface area contributed by atoms with Gasteiger partial charge in [0.1, 0.15) is 0 Å². The van der Waals surface area contributed by atoms with Crippen LogP contribution in [0.2, 0.25) is 19.1 Å². The fraction of sp³-hybridized carbons (Fsp3) is 1.00. The van der Waals surface area contributed by atoms with Crippen LogP contribution in [0.5, 0.6) is 0 Å². The summed E-state index contributed by atoms with van der Waals surface area (Å²) in [7, 11) is -1.33. The highest BCUT2D eigenvalue weighted by molar-refractivity contribution is 6.71. The molecule has 0 N–H and O–H groups in total. The molecule has 0 aliphatic heterocycles. The van der Waals surface area contributed by atoms with E-state index in [1.165, 1.54) is 70.3 Å². The van der Waals surface area contributed by atoms with Gasteiger partial charge in [0.2, 0.25) is 0 Å². The van der Waals surface area contributed by atoms with Crippen LogP contribution in [0.1, 0.15) is 78.1 Å². The van der Waals surface area contributed by atoms with Crippen LogP contribution < -0.4 is 0 Å². The molecule has 0 aliphatic rings. The quantitative estimate of drug-likeness (QED) is 0.289. The highest BCUT2D eigenvalue weighted by atomic mass is 28.4. The van der Waals surface area contributed by atoms with E-state index in [1.807, 2.05) is 0 Å². The van der Waals surface area contributed by atoms with Crippen molar-refractivity contribution in [1.82, 2.24) is 0 Å². The van der Waals surface area contributed by atoms with E-state index in [4.69, 9.17) is 4.43 Å². The molecular weight excluding hydrogens is 236 g/mol. The fourth-order valence-electron chi connectivity index (χ4n) is 2.28. The summed E-state index contributed by atoms with van der Waals surface area (Å²) in [4.78, 5) is 0. The van der Waals surface area contributed by atoms with Gasteiger partial charge in [-0.05, 0) is 25.6 Å². The van der Waals surface area contributed by atoms with Crippen LogP contribution in [0.15, 0.2) is 0 Å². The summed E-state index contributed by atoms with van der Waals surface area (Å²) >= 11 is 0. The van der Waals surface area contributed by atoms with Crippen LogP contribution >= 0.6 is 0 Å². The third-order valence-electron chi connectivity index (χ3n) is 3.62. The van der Waals surface area contributed by atoms with E-state index in [1.54, 1.807) is 0 Å². The van der Waals surface area contributed by atoms with Gasteiger partial charge < -0.3 is 4.43 Å². The molecule has 2 heteroatoms. The zero-order valence-corrected chi connectivity index (χ0v) is 14.4. The SMILES string of the molecule is CCCCCCCC[Si](C)(C)OCCCCCC. The lowest BCUT2D eigenvalue weighted by Gasteiger charge is -2.22. The molecule has 0 saturated carbocycles. The van der Waals surface area contributed by atoms with Gasteiger partial charge >= 0.3 is 0 Å². The zero-order valence-electron chi connectivity index (χ0n) is 13.4. The van der Waals surface area contributed by atoms with E-state index in [2.05, 4.69) is 26.9 Å². The molecule has 0 amide bonds. The normalized spacial score (nSPS) is 12.0. The fourth-order valence-corrected chi connectivity index (χ4v) is 4.22. The summed E-state index contributed by atoms with van der Waals surface area (Å²) in [5.41, 5.74) is 0. The van der Waals surface area contributed by atoms with Crippen LogP contribution in [0.3, 0.4) is 0 Å². The predicted molar refractivity (Wildman–Crippen MR) is 85.8 cm³/mol. The second kappa shape index (κ2) is 12.2. The van der Waals surface area contributed by atoms with E-state index in [-0.39, 0.29) is 0 Å². The van der Waals surface area contributed by atoms with Crippen molar-refractivity contribution in [3.05, 3.63) is 0 Å². The molecule has 0 aromatic carbocycles. The van der Waals surface area contributed by atoms with Gasteiger partial charge in [0.05, 0.1) is 0 Å². The van der Waals surface area contributed by atoms with Gasteiger partial charge in [-0.1, -0.05) is 71.6 Å². The second-order valence-corrected chi connectivity index (χ2v) is 10.5. The van der Waals surface area contributed by atoms with Crippen LogP contribution in [0.25, 0.3) is 0 Å². The molecule has 110 valence electrons. The molecule has 1 nitrogen and oxygen atoms in total. The number of hydrogen-bond acceptors (Lipinski definition) is 1. The Kier molecular flexibility index (Phi) is 12.3. The maximum absolute atomic E-state index is 6.14. The average molecular weight is 273 g/mol. The van der Waals surface area contributed by atoms with Gasteiger partial charge in [0, 0.05) is 6.61 Å². The number of unbranched alkanes of at least 4 members (excludes halogenated alkanes) is 8. The molecule has 0 heterocycles. The molecular formula is C16H36OSi. The summed E-state index contributed by atoms with van der Waals surface area (Å²) < 4.78 is 6.14. The Hall–Kier alpha value is 0.177. The van der Waals surface area contributed by atoms with Crippen molar-refractivity contribution in [3.8, 4) is 0 Å². The Morgan fingerprint density at radius 3 is 1.78 bits per heavy atom.